The van der Waals surface area contributed by atoms with Gasteiger partial charge in [0.1, 0.15) is 12.0 Å². The van der Waals surface area contributed by atoms with Crippen molar-refractivity contribution in [2.75, 3.05) is 33.9 Å². The van der Waals surface area contributed by atoms with Crippen LogP contribution in [0.3, 0.4) is 0 Å². The molecule has 2 rings (SSSR count). The van der Waals surface area contributed by atoms with E-state index in [0.717, 1.165) is 44.6 Å². The van der Waals surface area contributed by atoms with Crippen LogP contribution in [0.15, 0.2) is 24.3 Å². The molecule has 1 heterocycles. The molecule has 0 spiro atoms. The first-order chi connectivity index (χ1) is 9.67. The predicted octanol–water partition coefficient (Wildman–Crippen LogP) is 2.12. The number of hydrogen-bond donors (Lipinski definition) is 0. The van der Waals surface area contributed by atoms with Gasteiger partial charge >= 0.3 is 0 Å². The molecule has 0 saturated carbocycles. The maximum absolute atomic E-state index is 11.4. The third-order valence-electron chi connectivity index (χ3n) is 3.80. The van der Waals surface area contributed by atoms with E-state index in [0.29, 0.717) is 6.61 Å². The van der Waals surface area contributed by atoms with Crippen molar-refractivity contribution in [3.8, 4) is 5.75 Å². The Kier molecular flexibility index (Phi) is 5.15. The van der Waals surface area contributed by atoms with Crippen molar-refractivity contribution in [2.45, 2.75) is 19.4 Å². The van der Waals surface area contributed by atoms with E-state index in [4.69, 9.17) is 9.47 Å². The molecular weight excluding hydrogens is 254 g/mol. The maximum atomic E-state index is 11.4. The van der Waals surface area contributed by atoms with E-state index in [9.17, 15) is 4.79 Å². The average molecular weight is 277 g/mol. The summed E-state index contributed by atoms with van der Waals surface area (Å²) in [4.78, 5) is 13.6. The topological polar surface area (TPSA) is 38.8 Å². The average Bonchev–Trinajstić information content (AvgIpc) is 2.49. The predicted molar refractivity (Wildman–Crippen MR) is 77.9 cm³/mol. The van der Waals surface area contributed by atoms with E-state index in [-0.39, 0.29) is 5.41 Å². The molecule has 1 saturated heterocycles. The molecular formula is C16H23NO3. The van der Waals surface area contributed by atoms with Gasteiger partial charge in [0.05, 0.1) is 19.1 Å². The molecule has 20 heavy (non-hydrogen) atoms. The van der Waals surface area contributed by atoms with E-state index < -0.39 is 0 Å². The quantitative estimate of drug-likeness (QED) is 0.747. The summed E-state index contributed by atoms with van der Waals surface area (Å²) >= 11 is 0. The summed E-state index contributed by atoms with van der Waals surface area (Å²) in [5.41, 5.74) is 0.880. The number of benzene rings is 1. The van der Waals surface area contributed by atoms with Gasteiger partial charge in [0, 0.05) is 19.7 Å². The molecule has 0 aliphatic carbocycles. The van der Waals surface area contributed by atoms with E-state index in [1.165, 1.54) is 5.56 Å². The first kappa shape index (κ1) is 15.0. The fourth-order valence-electron chi connectivity index (χ4n) is 2.76. The second kappa shape index (κ2) is 6.86. The molecule has 0 radical (unpaired) electrons. The van der Waals surface area contributed by atoms with Crippen LogP contribution < -0.4 is 4.74 Å². The minimum absolute atomic E-state index is 0.334. The Morgan fingerprint density at radius 1 is 1.40 bits per heavy atom. The molecule has 1 aliphatic rings. The van der Waals surface area contributed by atoms with E-state index in [1.807, 2.05) is 19.2 Å². The van der Waals surface area contributed by atoms with Gasteiger partial charge in [-0.2, -0.15) is 0 Å². The molecule has 1 atom stereocenters. The van der Waals surface area contributed by atoms with Gasteiger partial charge in [0.2, 0.25) is 0 Å². The molecule has 0 bridgehead atoms. The lowest BCUT2D eigenvalue weighted by molar-refractivity contribution is -0.125. The van der Waals surface area contributed by atoms with Gasteiger partial charge < -0.3 is 19.2 Å². The van der Waals surface area contributed by atoms with E-state index in [1.54, 1.807) is 7.11 Å². The van der Waals surface area contributed by atoms with Gasteiger partial charge in [-0.25, -0.2) is 0 Å². The third-order valence-corrected chi connectivity index (χ3v) is 3.80. The van der Waals surface area contributed by atoms with Crippen molar-refractivity contribution < 1.29 is 14.3 Å². The van der Waals surface area contributed by atoms with Gasteiger partial charge in [-0.1, -0.05) is 12.1 Å². The van der Waals surface area contributed by atoms with Crippen molar-refractivity contribution >= 4 is 6.29 Å². The monoisotopic (exact) mass is 277 g/mol. The first-order valence-corrected chi connectivity index (χ1v) is 7.03. The zero-order valence-electron chi connectivity index (χ0n) is 12.3. The number of aldehydes is 1. The summed E-state index contributed by atoms with van der Waals surface area (Å²) in [6.07, 6.45) is 2.97. The SMILES string of the molecule is COc1ccc(CN(C)CC2(C=O)CCCOC2)cc1. The highest BCUT2D eigenvalue weighted by Gasteiger charge is 2.33. The second-order valence-corrected chi connectivity index (χ2v) is 5.66. The van der Waals surface area contributed by atoms with Crippen LogP contribution in [0.2, 0.25) is 0 Å². The lowest BCUT2D eigenvalue weighted by Gasteiger charge is -2.35. The highest BCUT2D eigenvalue weighted by molar-refractivity contribution is 5.60. The van der Waals surface area contributed by atoms with Gasteiger partial charge in [0.15, 0.2) is 0 Å². The summed E-state index contributed by atoms with van der Waals surface area (Å²) in [7, 11) is 3.71. The Balaban J connectivity index is 1.93. The van der Waals surface area contributed by atoms with Crippen LogP contribution in [0.1, 0.15) is 18.4 Å². The smallest absolute Gasteiger partial charge is 0.129 e. The minimum Gasteiger partial charge on any atom is -0.497 e. The fraction of sp³-hybridized carbons (Fsp3) is 0.562. The van der Waals surface area contributed by atoms with Crippen LogP contribution in [0.4, 0.5) is 0 Å². The third kappa shape index (κ3) is 3.81. The molecule has 4 heteroatoms. The molecule has 4 nitrogen and oxygen atoms in total. The Morgan fingerprint density at radius 3 is 2.70 bits per heavy atom. The largest absolute Gasteiger partial charge is 0.497 e. The number of ether oxygens (including phenoxy) is 2. The van der Waals surface area contributed by atoms with Gasteiger partial charge in [-0.3, -0.25) is 0 Å². The molecule has 110 valence electrons. The lowest BCUT2D eigenvalue weighted by Crippen LogP contribution is -2.42. The summed E-state index contributed by atoms with van der Waals surface area (Å²) < 4.78 is 10.6. The summed E-state index contributed by atoms with van der Waals surface area (Å²) in [6.45, 7) is 2.88. The van der Waals surface area contributed by atoms with E-state index >= 15 is 0 Å². The van der Waals surface area contributed by atoms with Crippen molar-refractivity contribution in [1.82, 2.24) is 4.90 Å². The van der Waals surface area contributed by atoms with E-state index in [2.05, 4.69) is 17.0 Å². The number of methoxy groups -OCH3 is 1. The molecule has 1 fully saturated rings. The number of carbonyl (C=O) groups excluding carboxylic acids is 1. The summed E-state index contributed by atoms with van der Waals surface area (Å²) in [5.74, 6) is 0.862. The maximum Gasteiger partial charge on any atom is 0.129 e. The normalized spacial score (nSPS) is 22.8. The van der Waals surface area contributed by atoms with Gasteiger partial charge in [0.25, 0.3) is 0 Å². The Bertz CT molecular complexity index is 424. The van der Waals surface area contributed by atoms with Crippen LogP contribution in [0, 0.1) is 5.41 Å². The molecule has 0 amide bonds. The zero-order valence-corrected chi connectivity index (χ0v) is 12.3. The lowest BCUT2D eigenvalue weighted by atomic mass is 9.83. The number of carbonyl (C=O) groups is 1. The molecule has 1 aliphatic heterocycles. The van der Waals surface area contributed by atoms with Crippen LogP contribution in [-0.2, 0) is 16.1 Å². The van der Waals surface area contributed by atoms with Crippen LogP contribution >= 0.6 is 0 Å². The second-order valence-electron chi connectivity index (χ2n) is 5.66. The Hall–Kier alpha value is -1.39. The van der Waals surface area contributed by atoms with Gasteiger partial charge in [-0.05, 0) is 37.6 Å². The standard InChI is InChI=1S/C16H23NO3/c1-17(10-14-4-6-15(19-2)7-5-14)11-16(12-18)8-3-9-20-13-16/h4-7,12H,3,8-11,13H2,1-2H3. The number of rotatable bonds is 6. The molecule has 1 aromatic rings. The Labute approximate surface area is 120 Å². The fourth-order valence-corrected chi connectivity index (χ4v) is 2.76. The molecule has 1 unspecified atom stereocenters. The van der Waals surface area contributed by atoms with Gasteiger partial charge in [-0.15, -0.1) is 0 Å². The van der Waals surface area contributed by atoms with Crippen LogP contribution in [-0.4, -0.2) is 45.1 Å². The number of hydrogen-bond acceptors (Lipinski definition) is 4. The van der Waals surface area contributed by atoms with Crippen molar-refractivity contribution in [2.24, 2.45) is 5.41 Å². The minimum atomic E-state index is -0.334. The molecule has 1 aromatic carbocycles. The highest BCUT2D eigenvalue weighted by atomic mass is 16.5. The van der Waals surface area contributed by atoms with Crippen LogP contribution in [0.5, 0.6) is 5.75 Å². The first-order valence-electron chi connectivity index (χ1n) is 7.03. The van der Waals surface area contributed by atoms with Crippen LogP contribution in [0.25, 0.3) is 0 Å². The Morgan fingerprint density at radius 2 is 2.15 bits per heavy atom. The number of nitrogens with zero attached hydrogens (tertiary/aromatic N) is 1. The zero-order chi connectivity index (χ0) is 14.4. The molecule has 0 aromatic heterocycles. The van der Waals surface area contributed by atoms with Crippen molar-refractivity contribution in [1.29, 1.82) is 0 Å². The summed E-state index contributed by atoms with van der Waals surface area (Å²) in [5, 5.41) is 0. The highest BCUT2D eigenvalue weighted by Crippen LogP contribution is 2.27. The van der Waals surface area contributed by atoms with Crippen molar-refractivity contribution in [3.63, 3.8) is 0 Å². The summed E-state index contributed by atoms with van der Waals surface area (Å²) in [6, 6.07) is 8.03. The molecule has 0 N–H and O–H groups in total. The van der Waals surface area contributed by atoms with Crippen molar-refractivity contribution in [3.05, 3.63) is 29.8 Å².